The maximum absolute atomic E-state index is 4.60. The zero-order valence-corrected chi connectivity index (χ0v) is 12.5. The molecule has 0 aliphatic rings. The molecular weight excluding hydrogens is 262 g/mol. The van der Waals surface area contributed by atoms with Crippen molar-refractivity contribution in [3.05, 3.63) is 24.3 Å². The first-order valence-corrected chi connectivity index (χ1v) is 7.90. The Morgan fingerprint density at radius 2 is 2.11 bits per heavy atom. The van der Waals surface area contributed by atoms with E-state index in [2.05, 4.69) is 47.5 Å². The van der Waals surface area contributed by atoms with Crippen LogP contribution in [0.5, 0.6) is 0 Å². The summed E-state index contributed by atoms with van der Waals surface area (Å²) in [5.41, 5.74) is 1.12. The molecular formula is C13H19N3S2. The number of para-hydroxylation sites is 1. The van der Waals surface area contributed by atoms with E-state index in [1.54, 1.807) is 11.3 Å². The van der Waals surface area contributed by atoms with Gasteiger partial charge in [-0.25, -0.2) is 4.98 Å². The summed E-state index contributed by atoms with van der Waals surface area (Å²) in [5, 5.41) is 3.44. The van der Waals surface area contributed by atoms with E-state index in [1.165, 1.54) is 9.04 Å². The Bertz CT molecular complexity index is 449. The highest BCUT2D eigenvalue weighted by Crippen LogP contribution is 2.28. The fourth-order valence-corrected chi connectivity index (χ4v) is 3.59. The van der Waals surface area contributed by atoms with Crippen LogP contribution in [0, 0.1) is 0 Å². The standard InChI is InChI=1S/C13H19N3S2/c1-16(2)9-7-14-8-10-17-13-15-11-5-3-4-6-12(11)18-13/h3-6,14H,7-10H2,1-2H3. The second kappa shape index (κ2) is 7.09. The van der Waals surface area contributed by atoms with Gasteiger partial charge in [0.25, 0.3) is 0 Å². The molecule has 0 aliphatic carbocycles. The van der Waals surface area contributed by atoms with Crippen molar-refractivity contribution >= 4 is 33.3 Å². The molecule has 5 heteroatoms. The van der Waals surface area contributed by atoms with Gasteiger partial charge in [0.2, 0.25) is 0 Å². The molecule has 0 spiro atoms. The van der Waals surface area contributed by atoms with Crippen LogP contribution in [0.15, 0.2) is 28.6 Å². The van der Waals surface area contributed by atoms with Crippen LogP contribution in [0.4, 0.5) is 0 Å². The highest BCUT2D eigenvalue weighted by molar-refractivity contribution is 8.01. The molecule has 0 saturated heterocycles. The van der Waals surface area contributed by atoms with Gasteiger partial charge in [0.05, 0.1) is 10.2 Å². The van der Waals surface area contributed by atoms with Crippen molar-refractivity contribution in [2.24, 2.45) is 0 Å². The van der Waals surface area contributed by atoms with Crippen molar-refractivity contribution in [1.29, 1.82) is 0 Å². The molecule has 18 heavy (non-hydrogen) atoms. The lowest BCUT2D eigenvalue weighted by Gasteiger charge is -2.09. The Hall–Kier alpha value is -0.620. The molecule has 0 aliphatic heterocycles. The van der Waals surface area contributed by atoms with Crippen molar-refractivity contribution in [1.82, 2.24) is 15.2 Å². The number of hydrogen-bond acceptors (Lipinski definition) is 5. The number of thioether (sulfide) groups is 1. The highest BCUT2D eigenvalue weighted by Gasteiger charge is 2.02. The van der Waals surface area contributed by atoms with E-state index in [9.17, 15) is 0 Å². The van der Waals surface area contributed by atoms with Crippen LogP contribution in [-0.2, 0) is 0 Å². The molecule has 0 saturated carbocycles. The molecule has 2 rings (SSSR count). The number of rotatable bonds is 7. The summed E-state index contributed by atoms with van der Waals surface area (Å²) >= 11 is 3.62. The molecule has 2 aromatic rings. The van der Waals surface area contributed by atoms with Crippen LogP contribution in [0.2, 0.25) is 0 Å². The van der Waals surface area contributed by atoms with Crippen molar-refractivity contribution in [3.8, 4) is 0 Å². The molecule has 0 unspecified atom stereocenters. The Morgan fingerprint density at radius 3 is 2.89 bits per heavy atom. The molecule has 0 atom stereocenters. The number of benzene rings is 1. The average molecular weight is 281 g/mol. The van der Waals surface area contributed by atoms with Crippen LogP contribution < -0.4 is 5.32 Å². The fourth-order valence-electron chi connectivity index (χ4n) is 1.55. The van der Waals surface area contributed by atoms with E-state index in [1.807, 2.05) is 17.8 Å². The molecule has 0 amide bonds. The smallest absolute Gasteiger partial charge is 0.151 e. The van der Waals surface area contributed by atoms with Gasteiger partial charge in [0.1, 0.15) is 0 Å². The van der Waals surface area contributed by atoms with Crippen molar-refractivity contribution in [2.45, 2.75) is 4.34 Å². The monoisotopic (exact) mass is 281 g/mol. The van der Waals surface area contributed by atoms with Gasteiger partial charge in [-0.2, -0.15) is 0 Å². The first-order valence-electron chi connectivity index (χ1n) is 6.09. The van der Waals surface area contributed by atoms with Gasteiger partial charge in [0, 0.05) is 25.4 Å². The fraction of sp³-hybridized carbons (Fsp3) is 0.462. The lowest BCUT2D eigenvalue weighted by Crippen LogP contribution is -2.27. The van der Waals surface area contributed by atoms with E-state index in [4.69, 9.17) is 0 Å². The summed E-state index contributed by atoms with van der Waals surface area (Å²) < 4.78 is 2.45. The summed E-state index contributed by atoms with van der Waals surface area (Å²) in [4.78, 5) is 6.79. The van der Waals surface area contributed by atoms with Crippen LogP contribution >= 0.6 is 23.1 Å². The second-order valence-electron chi connectivity index (χ2n) is 4.35. The molecule has 1 aromatic carbocycles. The van der Waals surface area contributed by atoms with Gasteiger partial charge >= 0.3 is 0 Å². The maximum atomic E-state index is 4.60. The SMILES string of the molecule is CN(C)CCNCCSc1nc2ccccc2s1. The van der Waals surface area contributed by atoms with Gasteiger partial charge < -0.3 is 10.2 Å². The first kappa shape index (κ1) is 13.8. The van der Waals surface area contributed by atoms with Gasteiger partial charge in [-0.3, -0.25) is 0 Å². The van der Waals surface area contributed by atoms with Crippen molar-refractivity contribution < 1.29 is 0 Å². The normalized spacial score (nSPS) is 11.5. The minimum absolute atomic E-state index is 1.04. The quantitative estimate of drug-likeness (QED) is 0.623. The predicted molar refractivity (Wildman–Crippen MR) is 81.8 cm³/mol. The van der Waals surface area contributed by atoms with Crippen LogP contribution in [0.3, 0.4) is 0 Å². The van der Waals surface area contributed by atoms with Crippen LogP contribution in [0.1, 0.15) is 0 Å². The largest absolute Gasteiger partial charge is 0.315 e. The van der Waals surface area contributed by atoms with E-state index < -0.39 is 0 Å². The molecule has 1 heterocycles. The van der Waals surface area contributed by atoms with Crippen molar-refractivity contribution in [2.75, 3.05) is 39.5 Å². The molecule has 0 bridgehead atoms. The number of thiazole rings is 1. The molecule has 1 N–H and O–H groups in total. The van der Waals surface area contributed by atoms with E-state index in [-0.39, 0.29) is 0 Å². The van der Waals surface area contributed by atoms with Gasteiger partial charge in [-0.05, 0) is 26.2 Å². The molecule has 1 aromatic heterocycles. The highest BCUT2D eigenvalue weighted by atomic mass is 32.2. The van der Waals surface area contributed by atoms with Crippen LogP contribution in [0.25, 0.3) is 10.2 Å². The van der Waals surface area contributed by atoms with Gasteiger partial charge in [0.15, 0.2) is 4.34 Å². The Balaban J connectivity index is 1.70. The number of aromatic nitrogens is 1. The summed E-state index contributed by atoms with van der Waals surface area (Å²) in [6, 6.07) is 8.31. The Kier molecular flexibility index (Phi) is 5.44. The lowest BCUT2D eigenvalue weighted by atomic mass is 10.3. The summed E-state index contributed by atoms with van der Waals surface area (Å²) in [7, 11) is 4.19. The number of hydrogen-bond donors (Lipinski definition) is 1. The lowest BCUT2D eigenvalue weighted by molar-refractivity contribution is 0.403. The third kappa shape index (κ3) is 4.24. The predicted octanol–water partition coefficient (Wildman–Crippen LogP) is 2.54. The molecule has 0 fully saturated rings. The van der Waals surface area contributed by atoms with E-state index in [0.29, 0.717) is 0 Å². The zero-order valence-electron chi connectivity index (χ0n) is 10.8. The number of nitrogens with zero attached hydrogens (tertiary/aromatic N) is 2. The van der Waals surface area contributed by atoms with E-state index >= 15 is 0 Å². The van der Waals surface area contributed by atoms with Gasteiger partial charge in [-0.1, -0.05) is 23.9 Å². The second-order valence-corrected chi connectivity index (χ2v) is 6.72. The van der Waals surface area contributed by atoms with Crippen molar-refractivity contribution in [3.63, 3.8) is 0 Å². The van der Waals surface area contributed by atoms with E-state index in [0.717, 1.165) is 30.9 Å². The maximum Gasteiger partial charge on any atom is 0.151 e. The number of nitrogens with one attached hydrogen (secondary N) is 1. The summed E-state index contributed by atoms with van der Waals surface area (Å²) in [6.45, 7) is 3.17. The Morgan fingerprint density at radius 1 is 1.28 bits per heavy atom. The summed E-state index contributed by atoms with van der Waals surface area (Å²) in [5.74, 6) is 1.08. The molecule has 0 radical (unpaired) electrons. The minimum Gasteiger partial charge on any atom is -0.315 e. The zero-order chi connectivity index (χ0) is 12.8. The molecule has 98 valence electrons. The number of likely N-dealkylation sites (N-methyl/N-ethyl adjacent to an activating group) is 1. The number of fused-ring (bicyclic) bond motifs is 1. The topological polar surface area (TPSA) is 28.2 Å². The summed E-state index contributed by atoms with van der Waals surface area (Å²) in [6.07, 6.45) is 0. The van der Waals surface area contributed by atoms with Gasteiger partial charge in [-0.15, -0.1) is 11.3 Å². The van der Waals surface area contributed by atoms with Crippen LogP contribution in [-0.4, -0.2) is 49.4 Å². The Labute approximate surface area is 117 Å². The minimum atomic E-state index is 1.04. The average Bonchev–Trinajstić information content (AvgIpc) is 2.75. The third-order valence-corrected chi connectivity index (χ3v) is 4.70. The molecule has 3 nitrogen and oxygen atoms in total. The first-order chi connectivity index (χ1) is 8.75. The third-order valence-electron chi connectivity index (χ3n) is 2.51.